The molecular formula is C22H19NO. The van der Waals surface area contributed by atoms with Gasteiger partial charge in [-0.1, -0.05) is 78.9 Å². The summed E-state index contributed by atoms with van der Waals surface area (Å²) < 4.78 is 0. The highest BCUT2D eigenvalue weighted by atomic mass is 16.1. The lowest BCUT2D eigenvalue weighted by molar-refractivity contribution is -0.121. The summed E-state index contributed by atoms with van der Waals surface area (Å²) in [6.45, 7) is 0. The minimum Gasteiger partial charge on any atom is -0.349 e. The van der Waals surface area contributed by atoms with Crippen molar-refractivity contribution in [1.29, 1.82) is 0 Å². The van der Waals surface area contributed by atoms with Gasteiger partial charge in [0.15, 0.2) is 0 Å². The third-order valence-electron chi connectivity index (χ3n) is 4.61. The quantitative estimate of drug-likeness (QED) is 0.767. The predicted molar refractivity (Wildman–Crippen MR) is 96.6 cm³/mol. The van der Waals surface area contributed by atoms with Gasteiger partial charge in [0.05, 0.1) is 12.5 Å². The molecule has 3 aromatic rings. The molecule has 118 valence electrons. The van der Waals surface area contributed by atoms with Gasteiger partial charge in [0, 0.05) is 0 Å². The van der Waals surface area contributed by atoms with Crippen molar-refractivity contribution in [3.8, 4) is 11.1 Å². The number of nitrogens with one attached hydrogen (secondary N) is 1. The molecule has 1 aliphatic carbocycles. The summed E-state index contributed by atoms with van der Waals surface area (Å²) in [5.74, 6) is 0.0698. The first-order valence-corrected chi connectivity index (χ1v) is 8.32. The highest BCUT2D eigenvalue weighted by Crippen LogP contribution is 2.38. The fourth-order valence-corrected chi connectivity index (χ4v) is 3.49. The number of rotatable bonds is 3. The number of carbonyl (C=O) groups excluding carboxylic acids is 1. The van der Waals surface area contributed by atoms with Crippen LogP contribution in [0.25, 0.3) is 11.1 Å². The van der Waals surface area contributed by atoms with Crippen LogP contribution in [-0.4, -0.2) is 5.91 Å². The topological polar surface area (TPSA) is 29.1 Å². The fraction of sp³-hybridized carbons (Fsp3) is 0.136. The minimum atomic E-state index is 0.0345. The van der Waals surface area contributed by atoms with E-state index in [2.05, 4.69) is 47.8 Å². The van der Waals surface area contributed by atoms with Crippen molar-refractivity contribution in [3.05, 3.63) is 95.6 Å². The Morgan fingerprint density at radius 2 is 1.50 bits per heavy atom. The first-order valence-electron chi connectivity index (χ1n) is 8.32. The van der Waals surface area contributed by atoms with E-state index in [1.165, 1.54) is 22.3 Å². The zero-order valence-electron chi connectivity index (χ0n) is 13.4. The van der Waals surface area contributed by atoms with Crippen LogP contribution in [0.2, 0.25) is 0 Å². The molecule has 0 aliphatic heterocycles. The van der Waals surface area contributed by atoms with E-state index >= 15 is 0 Å². The molecule has 0 bridgehead atoms. The van der Waals surface area contributed by atoms with E-state index in [0.29, 0.717) is 6.42 Å². The van der Waals surface area contributed by atoms with Gasteiger partial charge in [0.2, 0.25) is 5.91 Å². The van der Waals surface area contributed by atoms with Crippen molar-refractivity contribution in [2.24, 2.45) is 0 Å². The Hall–Kier alpha value is -2.87. The lowest BCUT2D eigenvalue weighted by atomic mass is 9.82. The van der Waals surface area contributed by atoms with Crippen LogP contribution in [0.4, 0.5) is 0 Å². The molecule has 4 rings (SSSR count). The van der Waals surface area contributed by atoms with Crippen LogP contribution in [0.1, 0.15) is 22.7 Å². The van der Waals surface area contributed by atoms with Gasteiger partial charge in [-0.25, -0.2) is 0 Å². The fourth-order valence-electron chi connectivity index (χ4n) is 3.49. The van der Waals surface area contributed by atoms with Gasteiger partial charge in [-0.3, -0.25) is 4.79 Å². The van der Waals surface area contributed by atoms with E-state index in [1.807, 2.05) is 36.4 Å². The molecule has 1 N–H and O–H groups in total. The van der Waals surface area contributed by atoms with Crippen molar-refractivity contribution >= 4 is 5.91 Å². The van der Waals surface area contributed by atoms with Crippen LogP contribution in [0.3, 0.4) is 0 Å². The van der Waals surface area contributed by atoms with Crippen molar-refractivity contribution in [2.45, 2.75) is 18.9 Å². The molecule has 0 aromatic heterocycles. The Labute approximate surface area is 142 Å². The van der Waals surface area contributed by atoms with Crippen LogP contribution in [0, 0.1) is 0 Å². The van der Waals surface area contributed by atoms with Gasteiger partial charge >= 0.3 is 0 Å². The van der Waals surface area contributed by atoms with E-state index in [-0.39, 0.29) is 11.9 Å². The molecule has 24 heavy (non-hydrogen) atoms. The van der Waals surface area contributed by atoms with Gasteiger partial charge in [-0.05, 0) is 34.2 Å². The summed E-state index contributed by atoms with van der Waals surface area (Å²) in [5.41, 5.74) is 6.05. The van der Waals surface area contributed by atoms with Gasteiger partial charge in [-0.2, -0.15) is 0 Å². The summed E-state index contributed by atoms with van der Waals surface area (Å²) in [5, 5.41) is 3.23. The molecule has 0 saturated heterocycles. The first-order chi connectivity index (χ1) is 11.8. The third-order valence-corrected chi connectivity index (χ3v) is 4.61. The average molecular weight is 313 g/mol. The molecule has 0 radical (unpaired) electrons. The van der Waals surface area contributed by atoms with Gasteiger partial charge in [-0.15, -0.1) is 0 Å². The number of amides is 1. The molecule has 0 unspecified atom stereocenters. The molecule has 0 spiro atoms. The average Bonchev–Trinajstić information content (AvgIpc) is 2.63. The molecule has 2 nitrogen and oxygen atoms in total. The molecule has 1 aliphatic rings. The standard InChI is InChI=1S/C22H19NO/c24-22(14-16-8-2-1-3-9-16)23-21-15-17-10-4-5-11-18(17)19-12-6-7-13-20(19)21/h1-13,21H,14-15H2,(H,23,24)/t21-/m1/s1. The second kappa shape index (κ2) is 6.32. The van der Waals surface area contributed by atoms with E-state index < -0.39 is 0 Å². The molecule has 0 saturated carbocycles. The highest BCUT2D eigenvalue weighted by Gasteiger charge is 2.25. The van der Waals surface area contributed by atoms with Crippen molar-refractivity contribution in [1.82, 2.24) is 5.32 Å². The first kappa shape index (κ1) is 14.7. The molecule has 2 heteroatoms. The minimum absolute atomic E-state index is 0.0345. The number of hydrogen-bond donors (Lipinski definition) is 1. The molecular weight excluding hydrogens is 294 g/mol. The van der Waals surface area contributed by atoms with Gasteiger partial charge in [0.25, 0.3) is 0 Å². The van der Waals surface area contributed by atoms with Gasteiger partial charge < -0.3 is 5.32 Å². The molecule has 0 fully saturated rings. The maximum Gasteiger partial charge on any atom is 0.224 e. The summed E-state index contributed by atoms with van der Waals surface area (Å²) in [6, 6.07) is 26.7. The highest BCUT2D eigenvalue weighted by molar-refractivity contribution is 5.81. The Bertz CT molecular complexity index is 870. The SMILES string of the molecule is O=C(Cc1ccccc1)N[C@@H]1Cc2ccccc2-c2ccccc21. The van der Waals surface area contributed by atoms with Crippen LogP contribution in [0.5, 0.6) is 0 Å². The second-order valence-corrected chi connectivity index (χ2v) is 6.23. The zero-order valence-corrected chi connectivity index (χ0v) is 13.4. The molecule has 3 aromatic carbocycles. The van der Waals surface area contributed by atoms with Crippen LogP contribution >= 0.6 is 0 Å². The summed E-state index contributed by atoms with van der Waals surface area (Å²) >= 11 is 0. The van der Waals surface area contributed by atoms with E-state index in [4.69, 9.17) is 0 Å². The van der Waals surface area contributed by atoms with E-state index in [1.54, 1.807) is 0 Å². The Kier molecular flexibility index (Phi) is 3.87. The lowest BCUT2D eigenvalue weighted by Gasteiger charge is -2.28. The predicted octanol–water partition coefficient (Wildman–Crippen LogP) is 4.31. The monoisotopic (exact) mass is 313 g/mol. The van der Waals surface area contributed by atoms with Crippen LogP contribution in [0.15, 0.2) is 78.9 Å². The van der Waals surface area contributed by atoms with Crippen molar-refractivity contribution in [3.63, 3.8) is 0 Å². The van der Waals surface area contributed by atoms with Crippen molar-refractivity contribution < 1.29 is 4.79 Å². The van der Waals surface area contributed by atoms with Crippen LogP contribution in [-0.2, 0) is 17.6 Å². The number of hydrogen-bond acceptors (Lipinski definition) is 1. The zero-order chi connectivity index (χ0) is 16.4. The maximum atomic E-state index is 12.5. The van der Waals surface area contributed by atoms with E-state index in [9.17, 15) is 4.79 Å². The summed E-state index contributed by atoms with van der Waals surface area (Å²) in [7, 11) is 0. The largest absolute Gasteiger partial charge is 0.349 e. The van der Waals surface area contributed by atoms with Crippen molar-refractivity contribution in [2.75, 3.05) is 0 Å². The van der Waals surface area contributed by atoms with Gasteiger partial charge in [0.1, 0.15) is 0 Å². The van der Waals surface area contributed by atoms with E-state index in [0.717, 1.165) is 12.0 Å². The number of benzene rings is 3. The Morgan fingerprint density at radius 3 is 2.33 bits per heavy atom. The molecule has 1 atom stereocenters. The normalized spacial score (nSPS) is 15.2. The molecule has 0 heterocycles. The van der Waals surface area contributed by atoms with Crippen LogP contribution < -0.4 is 5.32 Å². The molecule has 1 amide bonds. The maximum absolute atomic E-state index is 12.5. The Balaban J connectivity index is 1.59. The second-order valence-electron chi connectivity index (χ2n) is 6.23. The Morgan fingerprint density at radius 1 is 0.833 bits per heavy atom. The number of fused-ring (bicyclic) bond motifs is 3. The smallest absolute Gasteiger partial charge is 0.224 e. The lowest BCUT2D eigenvalue weighted by Crippen LogP contribution is -2.32. The number of carbonyl (C=O) groups is 1. The summed E-state index contributed by atoms with van der Waals surface area (Å²) in [6.07, 6.45) is 1.26. The summed E-state index contributed by atoms with van der Waals surface area (Å²) in [4.78, 5) is 12.5. The third kappa shape index (κ3) is 2.83.